The Morgan fingerprint density at radius 2 is 2.11 bits per heavy atom. The Kier molecular flexibility index (Phi) is 4.50. The molecule has 2 heterocycles. The zero-order valence-electron chi connectivity index (χ0n) is 14.7. The molecule has 0 aliphatic carbocycles. The molecule has 1 aliphatic rings. The van der Waals surface area contributed by atoms with Gasteiger partial charge in [0, 0.05) is 18.9 Å². The smallest absolute Gasteiger partial charge is 0.264 e. The van der Waals surface area contributed by atoms with E-state index in [1.54, 1.807) is 48.1 Å². The molecule has 1 atom stereocenters. The van der Waals surface area contributed by atoms with E-state index < -0.39 is 6.10 Å². The maximum Gasteiger partial charge on any atom is 0.264 e. The van der Waals surface area contributed by atoms with E-state index in [0.717, 1.165) is 0 Å². The molecule has 1 aromatic heterocycles. The first-order valence-corrected chi connectivity index (χ1v) is 8.57. The van der Waals surface area contributed by atoms with Crippen molar-refractivity contribution >= 4 is 5.91 Å². The number of para-hydroxylation sites is 2. The predicted octanol–water partition coefficient (Wildman–Crippen LogP) is 2.78. The summed E-state index contributed by atoms with van der Waals surface area (Å²) in [5.41, 5.74) is 1.07. The Hall–Kier alpha value is -3.35. The molecule has 27 heavy (non-hydrogen) atoms. The first-order valence-electron chi connectivity index (χ1n) is 8.57. The Labute approximate surface area is 155 Å². The van der Waals surface area contributed by atoms with E-state index >= 15 is 0 Å². The maximum absolute atomic E-state index is 14.4. The normalized spacial score (nSPS) is 15.4. The van der Waals surface area contributed by atoms with Crippen LogP contribution < -0.4 is 14.8 Å². The fraction of sp³-hybridized carbons (Fsp3) is 0.200. The molecule has 1 amide bonds. The Balaban J connectivity index is 1.40. The number of halogens is 1. The number of nitrogens with one attached hydrogen (secondary N) is 1. The van der Waals surface area contributed by atoms with Crippen molar-refractivity contribution < 1.29 is 18.7 Å². The van der Waals surface area contributed by atoms with Crippen molar-refractivity contribution in [3.8, 4) is 17.2 Å². The van der Waals surface area contributed by atoms with Gasteiger partial charge in [-0.25, -0.2) is 9.37 Å². The van der Waals surface area contributed by atoms with Gasteiger partial charge in [0.05, 0.1) is 5.69 Å². The molecule has 7 heteroatoms. The van der Waals surface area contributed by atoms with Gasteiger partial charge in [0.25, 0.3) is 5.91 Å². The maximum atomic E-state index is 14.4. The lowest BCUT2D eigenvalue weighted by molar-refractivity contribution is -0.130. The zero-order chi connectivity index (χ0) is 18.8. The number of aromatic nitrogens is 2. The number of imidazole rings is 1. The fourth-order valence-electron chi connectivity index (χ4n) is 2.94. The summed E-state index contributed by atoms with van der Waals surface area (Å²) in [5, 5.41) is 2.76. The summed E-state index contributed by atoms with van der Waals surface area (Å²) in [5.74, 6) is 1.17. The molecule has 0 spiro atoms. The second kappa shape index (κ2) is 7.11. The van der Waals surface area contributed by atoms with Crippen LogP contribution in [0.15, 0.2) is 54.9 Å². The van der Waals surface area contributed by atoms with Crippen LogP contribution >= 0.6 is 0 Å². The average Bonchev–Trinajstić information content (AvgIpc) is 3.11. The van der Waals surface area contributed by atoms with Gasteiger partial charge >= 0.3 is 0 Å². The highest BCUT2D eigenvalue weighted by atomic mass is 19.1. The molecule has 0 fully saturated rings. The van der Waals surface area contributed by atoms with Crippen molar-refractivity contribution in [1.29, 1.82) is 0 Å². The number of hydrogen-bond donors (Lipinski definition) is 1. The van der Waals surface area contributed by atoms with Gasteiger partial charge < -0.3 is 19.4 Å². The predicted molar refractivity (Wildman–Crippen MR) is 96.5 cm³/mol. The lowest BCUT2D eigenvalue weighted by Gasteiger charge is -2.25. The number of aryl methyl sites for hydroxylation is 1. The van der Waals surface area contributed by atoms with E-state index in [9.17, 15) is 9.18 Å². The Bertz CT molecular complexity index is 986. The zero-order valence-corrected chi connectivity index (χ0v) is 14.7. The van der Waals surface area contributed by atoms with Gasteiger partial charge in [-0.05, 0) is 36.8 Å². The van der Waals surface area contributed by atoms with E-state index in [2.05, 4.69) is 10.3 Å². The van der Waals surface area contributed by atoms with Gasteiger partial charge in [-0.15, -0.1) is 0 Å². The highest BCUT2D eigenvalue weighted by molar-refractivity contribution is 5.81. The molecule has 4 rings (SSSR count). The van der Waals surface area contributed by atoms with Crippen molar-refractivity contribution in [3.05, 3.63) is 72.1 Å². The number of nitrogens with zero attached hydrogens (tertiary/aromatic N) is 2. The van der Waals surface area contributed by atoms with Crippen molar-refractivity contribution in [2.24, 2.45) is 0 Å². The Morgan fingerprint density at radius 3 is 2.85 bits per heavy atom. The van der Waals surface area contributed by atoms with Gasteiger partial charge in [-0.1, -0.05) is 18.2 Å². The highest BCUT2D eigenvalue weighted by Gasteiger charge is 2.27. The summed E-state index contributed by atoms with van der Waals surface area (Å²) in [6.45, 7) is 2.13. The summed E-state index contributed by atoms with van der Waals surface area (Å²) in [6.07, 6.45) is 2.58. The van der Waals surface area contributed by atoms with Crippen LogP contribution in [0.4, 0.5) is 4.39 Å². The molecular weight excluding hydrogens is 349 g/mol. The number of carbonyl (C=O) groups excluding carboxylic acids is 1. The highest BCUT2D eigenvalue weighted by Crippen LogP contribution is 2.30. The quantitative estimate of drug-likeness (QED) is 0.770. The standard InChI is InChI=1S/C20H18FN3O3/c1-13-22-8-9-24(13)16-7-6-14(10-15(16)21)11-23-20(25)19-12-26-17-4-2-3-5-18(17)27-19/h2-10,19H,11-12H2,1H3,(H,23,25)/t19-/m1/s1. The number of benzene rings is 2. The summed E-state index contributed by atoms with van der Waals surface area (Å²) in [4.78, 5) is 16.4. The van der Waals surface area contributed by atoms with Crippen molar-refractivity contribution in [2.75, 3.05) is 6.61 Å². The van der Waals surface area contributed by atoms with Crippen LogP contribution in [0.25, 0.3) is 5.69 Å². The summed E-state index contributed by atoms with van der Waals surface area (Å²) < 4.78 is 27.3. The van der Waals surface area contributed by atoms with Crippen LogP contribution in [0.3, 0.4) is 0 Å². The van der Waals surface area contributed by atoms with Crippen LogP contribution in [-0.4, -0.2) is 28.2 Å². The van der Waals surface area contributed by atoms with Gasteiger partial charge in [-0.3, -0.25) is 4.79 Å². The van der Waals surface area contributed by atoms with Crippen LogP contribution in [0.2, 0.25) is 0 Å². The van der Waals surface area contributed by atoms with Gasteiger partial charge in [0.1, 0.15) is 18.2 Å². The third-order valence-electron chi connectivity index (χ3n) is 4.37. The molecule has 1 N–H and O–H groups in total. The Morgan fingerprint density at radius 1 is 1.30 bits per heavy atom. The van der Waals surface area contributed by atoms with E-state index in [4.69, 9.17) is 9.47 Å². The molecule has 1 aliphatic heterocycles. The molecule has 138 valence electrons. The number of carbonyl (C=O) groups is 1. The number of rotatable bonds is 4. The van der Waals surface area contributed by atoms with Crippen LogP contribution in [0.1, 0.15) is 11.4 Å². The number of hydrogen-bond acceptors (Lipinski definition) is 4. The third-order valence-corrected chi connectivity index (χ3v) is 4.37. The molecule has 0 bridgehead atoms. The molecular formula is C20H18FN3O3. The number of amides is 1. The SMILES string of the molecule is Cc1nccn1-c1ccc(CNC(=O)[C@H]2COc3ccccc3O2)cc1F. The van der Waals surface area contributed by atoms with Crippen LogP contribution in [0.5, 0.6) is 11.5 Å². The van der Waals surface area contributed by atoms with Crippen LogP contribution in [-0.2, 0) is 11.3 Å². The third kappa shape index (κ3) is 3.48. The first-order chi connectivity index (χ1) is 13.1. The summed E-state index contributed by atoms with van der Waals surface area (Å²) in [7, 11) is 0. The van der Waals surface area contributed by atoms with E-state index in [0.29, 0.717) is 28.6 Å². The molecule has 0 unspecified atom stereocenters. The average molecular weight is 367 g/mol. The van der Waals surface area contributed by atoms with Gasteiger partial charge in [0.15, 0.2) is 11.5 Å². The molecule has 0 saturated heterocycles. The lowest BCUT2D eigenvalue weighted by atomic mass is 10.2. The molecule has 3 aromatic rings. The number of ether oxygens (including phenoxy) is 2. The molecule has 0 radical (unpaired) electrons. The fourth-order valence-corrected chi connectivity index (χ4v) is 2.94. The van der Waals surface area contributed by atoms with E-state index in [-0.39, 0.29) is 24.9 Å². The summed E-state index contributed by atoms with van der Waals surface area (Å²) in [6, 6.07) is 12.0. The largest absolute Gasteiger partial charge is 0.485 e. The van der Waals surface area contributed by atoms with E-state index in [1.165, 1.54) is 6.07 Å². The van der Waals surface area contributed by atoms with Crippen molar-refractivity contribution in [1.82, 2.24) is 14.9 Å². The lowest BCUT2D eigenvalue weighted by Crippen LogP contribution is -2.43. The molecule has 0 saturated carbocycles. The van der Waals surface area contributed by atoms with Gasteiger partial charge in [0.2, 0.25) is 6.10 Å². The molecule has 2 aromatic carbocycles. The topological polar surface area (TPSA) is 65.4 Å². The number of fused-ring (bicyclic) bond motifs is 1. The van der Waals surface area contributed by atoms with Gasteiger partial charge in [-0.2, -0.15) is 0 Å². The second-order valence-electron chi connectivity index (χ2n) is 6.21. The minimum Gasteiger partial charge on any atom is -0.485 e. The monoisotopic (exact) mass is 367 g/mol. The minimum absolute atomic E-state index is 0.135. The molecule has 6 nitrogen and oxygen atoms in total. The van der Waals surface area contributed by atoms with Crippen molar-refractivity contribution in [2.45, 2.75) is 19.6 Å². The minimum atomic E-state index is -0.738. The van der Waals surface area contributed by atoms with Crippen LogP contribution in [0, 0.1) is 12.7 Å². The van der Waals surface area contributed by atoms with Crippen molar-refractivity contribution in [3.63, 3.8) is 0 Å². The first kappa shape index (κ1) is 17.1. The van der Waals surface area contributed by atoms with E-state index in [1.807, 2.05) is 12.1 Å². The summed E-state index contributed by atoms with van der Waals surface area (Å²) >= 11 is 0. The second-order valence-corrected chi connectivity index (χ2v) is 6.21.